The number of fused-ring (bicyclic) bond motifs is 1. The molecule has 2 atom stereocenters. The number of aliphatic hydroxyl groups excluding tert-OH is 1. The van der Waals surface area contributed by atoms with Crippen molar-refractivity contribution in [2.24, 2.45) is 5.73 Å². The Morgan fingerprint density at radius 2 is 2.06 bits per heavy atom. The summed E-state index contributed by atoms with van der Waals surface area (Å²) in [6.07, 6.45) is -0.640. The third-order valence-electron chi connectivity index (χ3n) is 2.82. The molecule has 3 N–H and O–H groups in total. The van der Waals surface area contributed by atoms with Crippen molar-refractivity contribution in [1.82, 2.24) is 0 Å². The predicted octanol–water partition coefficient (Wildman–Crippen LogP) is 2.61. The Balaban J connectivity index is 0.00000128. The van der Waals surface area contributed by atoms with Crippen LogP contribution in [0.3, 0.4) is 0 Å². The van der Waals surface area contributed by atoms with Gasteiger partial charge in [0.1, 0.15) is 0 Å². The van der Waals surface area contributed by atoms with Crippen LogP contribution >= 0.6 is 15.9 Å². The third kappa shape index (κ3) is 2.64. The second kappa shape index (κ2) is 5.24. The first-order valence-electron chi connectivity index (χ1n) is 4.88. The van der Waals surface area contributed by atoms with Crippen LogP contribution in [0.4, 0.5) is 5.69 Å². The third-order valence-corrected chi connectivity index (χ3v) is 3.31. The number of nitrogens with zero attached hydrogens (tertiary/aromatic N) is 1. The van der Waals surface area contributed by atoms with Crippen LogP contribution in [0.25, 0.3) is 5.32 Å². The summed E-state index contributed by atoms with van der Waals surface area (Å²) >= 11 is 3.39. The number of halogens is 1. The molecule has 0 amide bonds. The fraction of sp³-hybridized carbons (Fsp3) is 0.455. The molecule has 5 heteroatoms. The second-order valence-corrected chi connectivity index (χ2v) is 5.35. The van der Waals surface area contributed by atoms with Crippen molar-refractivity contribution in [2.45, 2.75) is 31.5 Å². The topological polar surface area (TPSA) is 60.4 Å². The number of hydrogen-bond acceptors (Lipinski definition) is 2. The maximum Gasteiger partial charge on any atom is 0.0623 e. The van der Waals surface area contributed by atoms with Crippen molar-refractivity contribution in [3.8, 4) is 0 Å². The van der Waals surface area contributed by atoms with Crippen LogP contribution in [0, 0.1) is 44.1 Å². The molecule has 0 saturated carbocycles. The van der Waals surface area contributed by atoms with Gasteiger partial charge in [0.25, 0.3) is 0 Å². The SMILES string of the molecule is CC1(C)[N-]c2ccc(Br)cc2[C@@H](N)[C@@H]1O.[Ac]. The van der Waals surface area contributed by atoms with Crippen molar-refractivity contribution < 1.29 is 49.2 Å². The van der Waals surface area contributed by atoms with Crippen LogP contribution in [0.5, 0.6) is 0 Å². The van der Waals surface area contributed by atoms with E-state index in [9.17, 15) is 5.11 Å². The molecule has 1 aliphatic rings. The minimum Gasteiger partial charge on any atom is -0.677 e. The van der Waals surface area contributed by atoms with Crippen LogP contribution in [0.1, 0.15) is 25.5 Å². The van der Waals surface area contributed by atoms with Crippen LogP contribution in [0.2, 0.25) is 0 Å². The summed E-state index contributed by atoms with van der Waals surface area (Å²) in [5.74, 6) is 0. The molecule has 1 radical (unpaired) electrons. The normalized spacial score (nSPS) is 26.3. The largest absolute Gasteiger partial charge is 0.677 e. The molecule has 0 fully saturated rings. The Hall–Kier alpha value is 0.862. The average molecular weight is 497 g/mol. The molecule has 0 aromatic heterocycles. The van der Waals surface area contributed by atoms with Crippen LogP contribution < -0.4 is 5.73 Å². The van der Waals surface area contributed by atoms with E-state index in [1.54, 1.807) is 0 Å². The van der Waals surface area contributed by atoms with Crippen LogP contribution in [-0.2, 0) is 0 Å². The first-order chi connectivity index (χ1) is 6.92. The average Bonchev–Trinajstić information content (AvgIpc) is 2.16. The molecule has 1 aromatic rings. The molecular formula is C11H14AcBrN2O-. The summed E-state index contributed by atoms with van der Waals surface area (Å²) < 4.78 is 0.957. The molecule has 0 unspecified atom stereocenters. The summed E-state index contributed by atoms with van der Waals surface area (Å²) in [7, 11) is 0. The van der Waals surface area contributed by atoms with Crippen molar-refractivity contribution in [3.05, 3.63) is 33.6 Å². The maximum absolute atomic E-state index is 10.0. The fourth-order valence-corrected chi connectivity index (χ4v) is 2.26. The van der Waals surface area contributed by atoms with Gasteiger partial charge in [-0.3, -0.25) is 0 Å². The molecule has 1 aliphatic heterocycles. The molecule has 1 heterocycles. The summed E-state index contributed by atoms with van der Waals surface area (Å²) in [6, 6.07) is 5.41. The molecule has 0 bridgehead atoms. The van der Waals surface area contributed by atoms with Crippen LogP contribution in [-0.4, -0.2) is 16.7 Å². The first-order valence-corrected chi connectivity index (χ1v) is 5.67. The van der Waals surface area contributed by atoms with Gasteiger partial charge in [-0.15, -0.1) is 5.69 Å². The van der Waals surface area contributed by atoms with E-state index in [4.69, 9.17) is 5.73 Å². The number of rotatable bonds is 0. The molecular weight excluding hydrogens is 483 g/mol. The Morgan fingerprint density at radius 1 is 1.44 bits per heavy atom. The van der Waals surface area contributed by atoms with Gasteiger partial charge >= 0.3 is 0 Å². The van der Waals surface area contributed by atoms with E-state index in [0.29, 0.717) is 0 Å². The van der Waals surface area contributed by atoms with E-state index in [0.717, 1.165) is 15.7 Å². The van der Waals surface area contributed by atoms with Crippen LogP contribution in [0.15, 0.2) is 22.7 Å². The molecule has 0 saturated heterocycles. The Kier molecular flexibility index (Phi) is 4.88. The Labute approximate surface area is 140 Å². The van der Waals surface area contributed by atoms with Gasteiger partial charge in [0, 0.05) is 48.5 Å². The number of hydrogen-bond donors (Lipinski definition) is 2. The van der Waals surface area contributed by atoms with Crippen molar-refractivity contribution >= 4 is 21.6 Å². The van der Waals surface area contributed by atoms with E-state index < -0.39 is 11.6 Å². The number of benzene rings is 1. The first kappa shape index (κ1) is 14.9. The van der Waals surface area contributed by atoms with Gasteiger partial charge in [-0.05, 0) is 17.7 Å². The summed E-state index contributed by atoms with van der Waals surface area (Å²) in [6.45, 7) is 3.78. The summed E-state index contributed by atoms with van der Waals surface area (Å²) in [4.78, 5) is 0. The van der Waals surface area contributed by atoms with E-state index >= 15 is 0 Å². The zero-order valence-corrected chi connectivity index (χ0v) is 15.6. The zero-order chi connectivity index (χ0) is 11.2. The quantitative estimate of drug-likeness (QED) is 0.580. The zero-order valence-electron chi connectivity index (χ0n) is 9.31. The van der Waals surface area contributed by atoms with E-state index in [-0.39, 0.29) is 50.1 Å². The summed E-state index contributed by atoms with van der Waals surface area (Å²) in [5, 5.41) is 14.5. The van der Waals surface area contributed by atoms with Crippen molar-refractivity contribution in [1.29, 1.82) is 0 Å². The Bertz CT molecular complexity index is 398. The molecule has 2 rings (SSSR count). The van der Waals surface area contributed by atoms with Gasteiger partial charge < -0.3 is 16.2 Å². The predicted molar refractivity (Wildman–Crippen MR) is 64.2 cm³/mol. The van der Waals surface area contributed by atoms with E-state index in [1.165, 1.54) is 0 Å². The van der Waals surface area contributed by atoms with Gasteiger partial charge in [-0.1, -0.05) is 41.4 Å². The molecule has 3 nitrogen and oxygen atoms in total. The second-order valence-electron chi connectivity index (χ2n) is 4.44. The van der Waals surface area contributed by atoms with Gasteiger partial charge in [0.2, 0.25) is 0 Å². The van der Waals surface area contributed by atoms with Gasteiger partial charge in [0.05, 0.1) is 12.1 Å². The van der Waals surface area contributed by atoms with Gasteiger partial charge in [0.15, 0.2) is 0 Å². The smallest absolute Gasteiger partial charge is 0.0623 e. The molecule has 16 heavy (non-hydrogen) atoms. The monoisotopic (exact) mass is 496 g/mol. The number of aliphatic hydroxyl groups is 1. The van der Waals surface area contributed by atoms with E-state index in [1.807, 2.05) is 32.0 Å². The molecule has 0 aliphatic carbocycles. The fourth-order valence-electron chi connectivity index (χ4n) is 1.88. The molecule has 1 aromatic carbocycles. The maximum atomic E-state index is 10.0. The minimum atomic E-state index is -0.640. The van der Waals surface area contributed by atoms with Crippen molar-refractivity contribution in [2.75, 3.05) is 0 Å². The van der Waals surface area contributed by atoms with Gasteiger partial charge in [-0.25, -0.2) is 0 Å². The minimum absolute atomic E-state index is 0. The molecule has 85 valence electrons. The number of nitrogens with two attached hydrogens (primary N) is 1. The van der Waals surface area contributed by atoms with E-state index in [2.05, 4.69) is 21.2 Å². The van der Waals surface area contributed by atoms with Crippen molar-refractivity contribution in [3.63, 3.8) is 0 Å². The standard InChI is InChI=1S/C11H14BrN2O.Ac/c1-11(2)10(15)9(13)7-5-6(12)3-4-8(7)14-11;/h3-5,9-10,15H,13H2,1-2H3;/q-1;/t9-,10+;/m1./s1. The van der Waals surface area contributed by atoms with Gasteiger partial charge in [-0.2, -0.15) is 0 Å². The Morgan fingerprint density at radius 3 is 2.69 bits per heavy atom. The molecule has 0 spiro atoms. The summed E-state index contributed by atoms with van der Waals surface area (Å²) in [5.41, 5.74) is 7.27.